The van der Waals surface area contributed by atoms with Gasteiger partial charge in [-0.15, -0.1) is 0 Å². The first-order valence-electron chi connectivity index (χ1n) is 6.38. The van der Waals surface area contributed by atoms with Gasteiger partial charge in [0.1, 0.15) is 5.82 Å². The Labute approximate surface area is 117 Å². The molecule has 1 amide bonds. The van der Waals surface area contributed by atoms with E-state index >= 15 is 0 Å². The number of amides is 1. The summed E-state index contributed by atoms with van der Waals surface area (Å²) in [6.07, 6.45) is 1.57. The number of carbonyl (C=O) groups excluding carboxylic acids is 1. The molecule has 1 aliphatic rings. The van der Waals surface area contributed by atoms with Crippen LogP contribution >= 0.6 is 11.6 Å². The van der Waals surface area contributed by atoms with E-state index in [4.69, 9.17) is 16.7 Å². The van der Waals surface area contributed by atoms with Crippen LogP contribution in [-0.4, -0.2) is 35.6 Å². The van der Waals surface area contributed by atoms with E-state index in [0.717, 1.165) is 6.42 Å². The number of aliphatic hydroxyl groups excluding tert-OH is 1. The number of aryl methyl sites for hydroxylation is 1. The summed E-state index contributed by atoms with van der Waals surface area (Å²) in [5, 5.41) is 9.19. The van der Waals surface area contributed by atoms with Crippen LogP contribution in [0.2, 0.25) is 5.02 Å². The molecule has 0 radical (unpaired) electrons. The Kier molecular flexibility index (Phi) is 4.42. The maximum absolute atomic E-state index is 13.5. The van der Waals surface area contributed by atoms with Crippen molar-refractivity contribution in [1.82, 2.24) is 4.90 Å². The highest BCUT2D eigenvalue weighted by molar-refractivity contribution is 6.33. The van der Waals surface area contributed by atoms with Gasteiger partial charge in [-0.3, -0.25) is 4.79 Å². The number of carbonyl (C=O) groups is 1. The molecule has 1 unspecified atom stereocenters. The third-order valence-electron chi connectivity index (χ3n) is 3.59. The Morgan fingerprint density at radius 3 is 3.00 bits per heavy atom. The van der Waals surface area contributed by atoms with E-state index in [-0.39, 0.29) is 23.1 Å². The Morgan fingerprint density at radius 2 is 2.32 bits per heavy atom. The number of hydrogen-bond donors (Lipinski definition) is 1. The van der Waals surface area contributed by atoms with Crippen LogP contribution < -0.4 is 0 Å². The molecule has 0 aliphatic carbocycles. The zero-order valence-electron chi connectivity index (χ0n) is 10.8. The number of benzene rings is 1. The van der Waals surface area contributed by atoms with Gasteiger partial charge in [-0.1, -0.05) is 11.6 Å². The molecule has 19 heavy (non-hydrogen) atoms. The van der Waals surface area contributed by atoms with Gasteiger partial charge >= 0.3 is 0 Å². The van der Waals surface area contributed by atoms with Crippen LogP contribution in [0, 0.1) is 18.7 Å². The summed E-state index contributed by atoms with van der Waals surface area (Å²) < 4.78 is 13.5. The molecule has 1 N–H and O–H groups in total. The third-order valence-corrected chi connectivity index (χ3v) is 3.90. The van der Waals surface area contributed by atoms with Crippen molar-refractivity contribution in [1.29, 1.82) is 0 Å². The molecule has 1 heterocycles. The van der Waals surface area contributed by atoms with Crippen LogP contribution in [-0.2, 0) is 0 Å². The molecule has 1 atom stereocenters. The molecule has 0 saturated carbocycles. The summed E-state index contributed by atoms with van der Waals surface area (Å²) in [5.41, 5.74) is 0.649. The second-order valence-corrected chi connectivity index (χ2v) is 5.41. The summed E-state index contributed by atoms with van der Waals surface area (Å²) in [4.78, 5) is 14.0. The molecule has 0 spiro atoms. The van der Waals surface area contributed by atoms with E-state index in [2.05, 4.69) is 0 Å². The van der Waals surface area contributed by atoms with Crippen LogP contribution in [0.5, 0.6) is 0 Å². The molecule has 1 aromatic rings. The van der Waals surface area contributed by atoms with Gasteiger partial charge in [0.15, 0.2) is 0 Å². The second kappa shape index (κ2) is 5.88. The van der Waals surface area contributed by atoms with Gasteiger partial charge in [-0.05, 0) is 43.4 Å². The first-order valence-corrected chi connectivity index (χ1v) is 6.76. The number of hydrogen-bond acceptors (Lipinski definition) is 2. The Hall–Kier alpha value is -1.13. The minimum Gasteiger partial charge on any atom is -0.396 e. The summed E-state index contributed by atoms with van der Waals surface area (Å²) >= 11 is 6.02. The van der Waals surface area contributed by atoms with Crippen molar-refractivity contribution >= 4 is 17.5 Å². The van der Waals surface area contributed by atoms with E-state index < -0.39 is 5.82 Å². The lowest BCUT2D eigenvalue weighted by atomic mass is 10.1. The molecule has 1 aromatic carbocycles. The smallest absolute Gasteiger partial charge is 0.255 e. The van der Waals surface area contributed by atoms with Crippen LogP contribution in [0.15, 0.2) is 12.1 Å². The molecule has 104 valence electrons. The molecule has 1 aliphatic heterocycles. The predicted molar refractivity (Wildman–Crippen MR) is 71.9 cm³/mol. The number of rotatable bonds is 3. The Bertz CT molecular complexity index is 493. The normalized spacial score (nSPS) is 18.9. The lowest BCUT2D eigenvalue weighted by Gasteiger charge is -2.17. The lowest BCUT2D eigenvalue weighted by molar-refractivity contribution is 0.0784. The predicted octanol–water partition coefficient (Wildman–Crippen LogP) is 2.63. The molecule has 2 rings (SSSR count). The quantitative estimate of drug-likeness (QED) is 0.927. The molecule has 1 saturated heterocycles. The van der Waals surface area contributed by atoms with Gasteiger partial charge in [-0.2, -0.15) is 0 Å². The maximum Gasteiger partial charge on any atom is 0.255 e. The zero-order chi connectivity index (χ0) is 14.0. The standard InChI is InChI=1S/C14H17ClFNO2/c1-9-6-12(15)11(7-13(9)16)14(19)17-4-2-10(8-17)3-5-18/h6-7,10,18H,2-5,8H2,1H3. The first-order chi connectivity index (χ1) is 9.02. The van der Waals surface area contributed by atoms with E-state index in [1.807, 2.05) is 0 Å². The minimum absolute atomic E-state index is 0.132. The molecule has 1 fully saturated rings. The number of halogens is 2. The summed E-state index contributed by atoms with van der Waals surface area (Å²) in [6, 6.07) is 2.69. The fraction of sp³-hybridized carbons (Fsp3) is 0.500. The van der Waals surface area contributed by atoms with Crippen molar-refractivity contribution in [3.8, 4) is 0 Å². The van der Waals surface area contributed by atoms with E-state index in [1.54, 1.807) is 11.8 Å². The topological polar surface area (TPSA) is 40.5 Å². The van der Waals surface area contributed by atoms with E-state index in [9.17, 15) is 9.18 Å². The Balaban J connectivity index is 2.15. The van der Waals surface area contributed by atoms with Crippen molar-refractivity contribution in [2.45, 2.75) is 19.8 Å². The lowest BCUT2D eigenvalue weighted by Crippen LogP contribution is -2.29. The fourth-order valence-corrected chi connectivity index (χ4v) is 2.71. The SMILES string of the molecule is Cc1cc(Cl)c(C(=O)N2CCC(CCO)C2)cc1F. The molecule has 0 bridgehead atoms. The highest BCUT2D eigenvalue weighted by atomic mass is 35.5. The molecule has 0 aromatic heterocycles. The number of likely N-dealkylation sites (tertiary alicyclic amines) is 1. The highest BCUT2D eigenvalue weighted by Gasteiger charge is 2.28. The largest absolute Gasteiger partial charge is 0.396 e. The van der Waals surface area contributed by atoms with Crippen molar-refractivity contribution in [2.24, 2.45) is 5.92 Å². The minimum atomic E-state index is -0.418. The molecular weight excluding hydrogens is 269 g/mol. The van der Waals surface area contributed by atoms with Gasteiger partial charge < -0.3 is 10.0 Å². The van der Waals surface area contributed by atoms with Gasteiger partial charge in [0.2, 0.25) is 0 Å². The van der Waals surface area contributed by atoms with Crippen LogP contribution in [0.25, 0.3) is 0 Å². The summed E-state index contributed by atoms with van der Waals surface area (Å²) in [5.74, 6) is -0.328. The Morgan fingerprint density at radius 1 is 1.58 bits per heavy atom. The monoisotopic (exact) mass is 285 g/mol. The van der Waals surface area contributed by atoms with Gasteiger partial charge in [0.05, 0.1) is 10.6 Å². The van der Waals surface area contributed by atoms with Crippen molar-refractivity contribution in [3.05, 3.63) is 34.1 Å². The van der Waals surface area contributed by atoms with Crippen LogP contribution in [0.3, 0.4) is 0 Å². The molecular formula is C14H17ClFNO2. The maximum atomic E-state index is 13.5. The number of aliphatic hydroxyl groups is 1. The van der Waals surface area contributed by atoms with Crippen LogP contribution in [0.1, 0.15) is 28.8 Å². The van der Waals surface area contributed by atoms with E-state index in [0.29, 0.717) is 31.0 Å². The third kappa shape index (κ3) is 3.07. The summed E-state index contributed by atoms with van der Waals surface area (Å²) in [7, 11) is 0. The molecule has 5 heteroatoms. The van der Waals surface area contributed by atoms with E-state index in [1.165, 1.54) is 12.1 Å². The zero-order valence-corrected chi connectivity index (χ0v) is 11.6. The highest BCUT2D eigenvalue weighted by Crippen LogP contribution is 2.26. The average Bonchev–Trinajstić information content (AvgIpc) is 2.82. The average molecular weight is 286 g/mol. The van der Waals surface area contributed by atoms with Crippen LogP contribution in [0.4, 0.5) is 4.39 Å². The van der Waals surface area contributed by atoms with Gasteiger partial charge in [0, 0.05) is 19.7 Å². The van der Waals surface area contributed by atoms with Crippen molar-refractivity contribution in [3.63, 3.8) is 0 Å². The molecule has 3 nitrogen and oxygen atoms in total. The van der Waals surface area contributed by atoms with Crippen molar-refractivity contribution < 1.29 is 14.3 Å². The second-order valence-electron chi connectivity index (χ2n) is 5.00. The first kappa shape index (κ1) is 14.3. The summed E-state index contributed by atoms with van der Waals surface area (Å²) in [6.45, 7) is 2.98. The van der Waals surface area contributed by atoms with Gasteiger partial charge in [-0.25, -0.2) is 4.39 Å². The fourth-order valence-electron chi connectivity index (χ4n) is 2.42. The van der Waals surface area contributed by atoms with Gasteiger partial charge in [0.25, 0.3) is 5.91 Å². The number of nitrogens with zero attached hydrogens (tertiary/aromatic N) is 1. The van der Waals surface area contributed by atoms with Crippen molar-refractivity contribution in [2.75, 3.05) is 19.7 Å².